The molecule has 2 aromatic heterocycles. The van der Waals surface area contributed by atoms with Crippen molar-refractivity contribution < 1.29 is 23.0 Å². The first-order valence-corrected chi connectivity index (χ1v) is 9.63. The maximum atomic E-state index is 13.1. The smallest absolute Gasteiger partial charge is 0.320 e. The Bertz CT molecular complexity index is 1090. The van der Waals surface area contributed by atoms with Crippen LogP contribution in [0.2, 0.25) is 0 Å². The average Bonchev–Trinajstić information content (AvgIpc) is 3.33. The number of amides is 1. The van der Waals surface area contributed by atoms with E-state index in [2.05, 4.69) is 15.3 Å². The van der Waals surface area contributed by atoms with Crippen molar-refractivity contribution in [3.05, 3.63) is 41.9 Å². The van der Waals surface area contributed by atoms with Gasteiger partial charge in [-0.15, -0.1) is 0 Å². The van der Waals surface area contributed by atoms with Crippen LogP contribution in [0.5, 0.6) is 11.5 Å². The Balaban J connectivity index is 1.68. The summed E-state index contributed by atoms with van der Waals surface area (Å²) in [7, 11) is 0. The third-order valence-corrected chi connectivity index (χ3v) is 4.93. The molecule has 0 spiro atoms. The minimum atomic E-state index is -2.73. The number of hydrogen-bond donors (Lipinski definition) is 1. The topological polar surface area (TPSA) is 102 Å². The lowest BCUT2D eigenvalue weighted by Crippen LogP contribution is -2.20. The fourth-order valence-electron chi connectivity index (χ4n) is 2.57. The molecule has 0 saturated carbocycles. The molecule has 30 heavy (non-hydrogen) atoms. The van der Waals surface area contributed by atoms with Crippen molar-refractivity contribution in [3.63, 3.8) is 0 Å². The summed E-state index contributed by atoms with van der Waals surface area (Å²) in [5, 5.41) is 11.8. The maximum absolute atomic E-state index is 13.1. The Morgan fingerprint density at radius 1 is 1.37 bits per heavy atom. The second kappa shape index (κ2) is 9.32. The van der Waals surface area contributed by atoms with E-state index in [4.69, 9.17) is 14.7 Å². The molecule has 8 nitrogen and oxygen atoms in total. The van der Waals surface area contributed by atoms with E-state index in [1.807, 2.05) is 6.07 Å². The minimum absolute atomic E-state index is 0.0793. The summed E-state index contributed by atoms with van der Waals surface area (Å²) in [4.78, 5) is 20.9. The van der Waals surface area contributed by atoms with Crippen LogP contribution in [0.3, 0.4) is 0 Å². The van der Waals surface area contributed by atoms with Crippen LogP contribution < -0.4 is 14.8 Å². The molecule has 0 saturated heterocycles. The van der Waals surface area contributed by atoms with Crippen LogP contribution in [0.4, 0.5) is 13.9 Å². The molecule has 1 amide bonds. The van der Waals surface area contributed by atoms with Crippen LogP contribution >= 0.6 is 11.3 Å². The van der Waals surface area contributed by atoms with Crippen LogP contribution in [0.1, 0.15) is 24.7 Å². The highest BCUT2D eigenvalue weighted by Gasteiger charge is 2.19. The first kappa shape index (κ1) is 21.2. The zero-order valence-corrected chi connectivity index (χ0v) is 16.9. The van der Waals surface area contributed by atoms with Gasteiger partial charge in [0.2, 0.25) is 0 Å². The van der Waals surface area contributed by atoms with Crippen LogP contribution in [0, 0.1) is 18.3 Å². The average molecular weight is 433 g/mol. The van der Waals surface area contributed by atoms with Crippen LogP contribution in [-0.2, 0) is 4.79 Å². The van der Waals surface area contributed by atoms with Gasteiger partial charge in [0.15, 0.2) is 29.1 Å². The number of halogens is 2. The summed E-state index contributed by atoms with van der Waals surface area (Å²) >= 11 is 1.04. The molecule has 0 aliphatic rings. The highest BCUT2D eigenvalue weighted by atomic mass is 32.1. The normalized spacial score (nSPS) is 10.7. The van der Waals surface area contributed by atoms with Gasteiger partial charge in [0, 0.05) is 18.5 Å². The number of alkyl halides is 2. The summed E-state index contributed by atoms with van der Waals surface area (Å²) in [6.07, 6.45) is 2.46. The Morgan fingerprint density at radius 3 is 2.87 bits per heavy atom. The van der Waals surface area contributed by atoms with Crippen molar-refractivity contribution in [2.75, 3.05) is 18.5 Å². The highest BCUT2D eigenvalue weighted by Crippen LogP contribution is 2.33. The molecule has 3 aromatic rings. The summed E-state index contributed by atoms with van der Waals surface area (Å²) in [5.74, 6) is 0.270. The van der Waals surface area contributed by atoms with E-state index in [-0.39, 0.29) is 17.6 Å². The van der Waals surface area contributed by atoms with E-state index >= 15 is 0 Å². The fraction of sp³-hybridized carbons (Fsp3) is 0.263. The van der Waals surface area contributed by atoms with Gasteiger partial charge in [-0.25, -0.2) is 9.97 Å². The number of nitriles is 1. The number of aryl methyl sites for hydroxylation is 1. The molecule has 11 heteroatoms. The molecule has 1 N–H and O–H groups in total. The second-order valence-electron chi connectivity index (χ2n) is 5.91. The van der Waals surface area contributed by atoms with E-state index in [1.54, 1.807) is 26.0 Å². The SMILES string of the molecule is CCOc1cc(C#N)ccc1OCC(=O)Nc1nc(C)c(-c2nccn2C(F)F)s1. The second-order valence-corrected chi connectivity index (χ2v) is 6.91. The molecule has 2 heterocycles. The van der Waals surface area contributed by atoms with Gasteiger partial charge in [0.1, 0.15) is 0 Å². The number of ether oxygens (including phenoxy) is 2. The molecule has 0 aliphatic carbocycles. The summed E-state index contributed by atoms with van der Waals surface area (Å²) in [6, 6.07) is 6.63. The minimum Gasteiger partial charge on any atom is -0.490 e. The van der Waals surface area contributed by atoms with Gasteiger partial charge in [0.25, 0.3) is 5.91 Å². The number of rotatable bonds is 8. The summed E-state index contributed by atoms with van der Waals surface area (Å²) in [5.41, 5.74) is 0.873. The van der Waals surface area contributed by atoms with Gasteiger partial charge in [-0.2, -0.15) is 14.0 Å². The lowest BCUT2D eigenvalue weighted by Gasteiger charge is -2.11. The number of benzene rings is 1. The van der Waals surface area contributed by atoms with Gasteiger partial charge < -0.3 is 9.47 Å². The van der Waals surface area contributed by atoms with Gasteiger partial charge in [0.05, 0.1) is 28.8 Å². The van der Waals surface area contributed by atoms with Crippen LogP contribution in [-0.4, -0.2) is 33.7 Å². The number of hydrogen-bond acceptors (Lipinski definition) is 7. The van der Waals surface area contributed by atoms with Crippen molar-refractivity contribution in [1.29, 1.82) is 5.26 Å². The van der Waals surface area contributed by atoms with E-state index in [9.17, 15) is 13.6 Å². The molecule has 0 bridgehead atoms. The number of carbonyl (C=O) groups excluding carboxylic acids is 1. The number of anilines is 1. The Hall–Kier alpha value is -3.52. The number of carbonyl (C=O) groups is 1. The molecule has 0 aliphatic heterocycles. The lowest BCUT2D eigenvalue weighted by molar-refractivity contribution is -0.118. The molecule has 3 rings (SSSR count). The first-order valence-electron chi connectivity index (χ1n) is 8.81. The van der Waals surface area contributed by atoms with Gasteiger partial charge in [-0.1, -0.05) is 11.3 Å². The first-order chi connectivity index (χ1) is 14.4. The molecule has 0 fully saturated rings. The number of nitrogens with zero attached hydrogens (tertiary/aromatic N) is 4. The summed E-state index contributed by atoms with van der Waals surface area (Å²) < 4.78 is 37.8. The number of thiazole rings is 1. The van der Waals surface area contributed by atoms with Crippen molar-refractivity contribution in [2.24, 2.45) is 0 Å². The third-order valence-electron chi connectivity index (χ3n) is 3.86. The monoisotopic (exact) mass is 433 g/mol. The Kier molecular flexibility index (Phi) is 6.58. The van der Waals surface area contributed by atoms with E-state index in [0.29, 0.717) is 34.2 Å². The number of aromatic nitrogens is 3. The van der Waals surface area contributed by atoms with E-state index < -0.39 is 12.5 Å². The number of nitrogens with one attached hydrogen (secondary N) is 1. The van der Waals surface area contributed by atoms with E-state index in [1.165, 1.54) is 18.5 Å². The quantitative estimate of drug-likeness (QED) is 0.576. The van der Waals surface area contributed by atoms with Crippen molar-refractivity contribution in [3.8, 4) is 28.3 Å². The molecular formula is C19H17F2N5O3S. The number of imidazole rings is 1. The largest absolute Gasteiger partial charge is 0.490 e. The van der Waals surface area contributed by atoms with Crippen molar-refractivity contribution >= 4 is 22.4 Å². The predicted molar refractivity (Wildman–Crippen MR) is 106 cm³/mol. The fourth-order valence-corrected chi connectivity index (χ4v) is 3.55. The third kappa shape index (κ3) is 4.72. The summed E-state index contributed by atoms with van der Waals surface area (Å²) in [6.45, 7) is 0.742. The molecular weight excluding hydrogens is 416 g/mol. The van der Waals surface area contributed by atoms with Crippen molar-refractivity contribution in [1.82, 2.24) is 14.5 Å². The lowest BCUT2D eigenvalue weighted by atomic mass is 10.2. The molecule has 156 valence electrons. The van der Waals surface area contributed by atoms with Gasteiger partial charge in [-0.05, 0) is 26.0 Å². The van der Waals surface area contributed by atoms with Crippen molar-refractivity contribution in [2.45, 2.75) is 20.4 Å². The van der Waals surface area contributed by atoms with Gasteiger partial charge >= 0.3 is 6.55 Å². The zero-order chi connectivity index (χ0) is 21.7. The Morgan fingerprint density at radius 2 is 2.17 bits per heavy atom. The molecule has 1 aromatic carbocycles. The van der Waals surface area contributed by atoms with Crippen LogP contribution in [0.15, 0.2) is 30.6 Å². The molecule has 0 unspecified atom stereocenters. The maximum Gasteiger partial charge on any atom is 0.320 e. The molecule has 0 radical (unpaired) electrons. The zero-order valence-electron chi connectivity index (χ0n) is 16.1. The predicted octanol–water partition coefficient (Wildman–Crippen LogP) is 4.00. The van der Waals surface area contributed by atoms with Gasteiger partial charge in [-0.3, -0.25) is 14.7 Å². The highest BCUT2D eigenvalue weighted by molar-refractivity contribution is 7.19. The molecule has 0 atom stereocenters. The Labute approximate surface area is 174 Å². The van der Waals surface area contributed by atoms with Crippen LogP contribution in [0.25, 0.3) is 10.7 Å². The van der Waals surface area contributed by atoms with E-state index in [0.717, 1.165) is 15.9 Å². The standard InChI is InChI=1S/C19H17F2N5O3S/c1-3-28-14-8-12(9-22)4-5-13(14)29-10-15(27)25-19-24-11(2)16(30-19)17-23-6-7-26(17)18(20)21/h4-8,18H,3,10H2,1-2H3,(H,24,25,27).